The van der Waals surface area contributed by atoms with Crippen LogP contribution in [-0.2, 0) is 6.42 Å². The van der Waals surface area contributed by atoms with E-state index in [2.05, 4.69) is 26.7 Å². The highest BCUT2D eigenvalue weighted by Gasteiger charge is 2.22. The Morgan fingerprint density at radius 1 is 1.30 bits per heavy atom. The predicted octanol–water partition coefficient (Wildman–Crippen LogP) is 1.52. The van der Waals surface area contributed by atoms with Crippen molar-refractivity contribution in [2.24, 2.45) is 0 Å². The quantitative estimate of drug-likeness (QED) is 0.781. The summed E-state index contributed by atoms with van der Waals surface area (Å²) < 4.78 is 5.86. The van der Waals surface area contributed by atoms with Crippen molar-refractivity contribution >= 4 is 17.6 Å². The molecule has 0 aliphatic carbocycles. The van der Waals surface area contributed by atoms with Gasteiger partial charge in [-0.25, -0.2) is 0 Å². The SMILES string of the molecule is CNc1cc(NCC2Cc3ccccc3O2)nc(N)n1. The summed E-state index contributed by atoms with van der Waals surface area (Å²) in [7, 11) is 1.79. The Hall–Kier alpha value is -2.50. The van der Waals surface area contributed by atoms with Crippen molar-refractivity contribution < 1.29 is 4.74 Å². The first-order chi connectivity index (χ1) is 9.74. The second-order valence-corrected chi connectivity index (χ2v) is 4.68. The number of nitrogens with zero attached hydrogens (tertiary/aromatic N) is 2. The van der Waals surface area contributed by atoms with E-state index >= 15 is 0 Å². The van der Waals surface area contributed by atoms with E-state index in [-0.39, 0.29) is 12.1 Å². The van der Waals surface area contributed by atoms with Crippen LogP contribution in [0.1, 0.15) is 5.56 Å². The Labute approximate surface area is 117 Å². The number of nitrogen functional groups attached to an aromatic ring is 1. The molecule has 1 atom stereocenters. The van der Waals surface area contributed by atoms with Crippen molar-refractivity contribution in [3.63, 3.8) is 0 Å². The second-order valence-electron chi connectivity index (χ2n) is 4.68. The summed E-state index contributed by atoms with van der Waals surface area (Å²) in [5.74, 6) is 2.60. The Balaban J connectivity index is 1.63. The zero-order valence-electron chi connectivity index (χ0n) is 11.3. The zero-order valence-corrected chi connectivity index (χ0v) is 11.3. The molecule has 1 aromatic heterocycles. The number of hydrogen-bond acceptors (Lipinski definition) is 6. The molecule has 0 bridgehead atoms. The van der Waals surface area contributed by atoms with Crippen LogP contribution in [0.2, 0.25) is 0 Å². The summed E-state index contributed by atoms with van der Waals surface area (Å²) in [6.07, 6.45) is 1.02. The summed E-state index contributed by atoms with van der Waals surface area (Å²) >= 11 is 0. The van der Waals surface area contributed by atoms with Crippen LogP contribution in [-0.4, -0.2) is 29.7 Å². The molecule has 6 nitrogen and oxygen atoms in total. The van der Waals surface area contributed by atoms with E-state index in [1.54, 1.807) is 7.05 Å². The van der Waals surface area contributed by atoms with Crippen LogP contribution in [0.4, 0.5) is 17.6 Å². The van der Waals surface area contributed by atoms with Crippen molar-refractivity contribution in [2.45, 2.75) is 12.5 Å². The van der Waals surface area contributed by atoms with Gasteiger partial charge in [0.1, 0.15) is 23.5 Å². The molecule has 1 aromatic carbocycles. The molecule has 3 rings (SSSR count). The minimum Gasteiger partial charge on any atom is -0.488 e. The molecule has 0 fully saturated rings. The van der Waals surface area contributed by atoms with E-state index in [1.807, 2.05) is 24.3 Å². The first kappa shape index (κ1) is 12.5. The lowest BCUT2D eigenvalue weighted by Crippen LogP contribution is -2.24. The minimum atomic E-state index is 0.113. The van der Waals surface area contributed by atoms with Gasteiger partial charge in [-0.3, -0.25) is 0 Å². The molecule has 6 heteroatoms. The smallest absolute Gasteiger partial charge is 0.223 e. The van der Waals surface area contributed by atoms with Crippen LogP contribution in [0.15, 0.2) is 30.3 Å². The highest BCUT2D eigenvalue weighted by molar-refractivity contribution is 5.50. The molecule has 1 aliphatic heterocycles. The van der Waals surface area contributed by atoms with Gasteiger partial charge >= 0.3 is 0 Å². The maximum Gasteiger partial charge on any atom is 0.223 e. The molecule has 0 spiro atoms. The predicted molar refractivity (Wildman–Crippen MR) is 79.0 cm³/mol. The van der Waals surface area contributed by atoms with Gasteiger partial charge < -0.3 is 21.1 Å². The molecule has 104 valence electrons. The molecule has 4 N–H and O–H groups in total. The third kappa shape index (κ3) is 2.59. The molecule has 0 saturated heterocycles. The average Bonchev–Trinajstić information content (AvgIpc) is 2.87. The lowest BCUT2D eigenvalue weighted by Gasteiger charge is -2.13. The fourth-order valence-corrected chi connectivity index (χ4v) is 2.27. The van der Waals surface area contributed by atoms with Crippen molar-refractivity contribution in [3.05, 3.63) is 35.9 Å². The second kappa shape index (κ2) is 5.24. The number of para-hydroxylation sites is 1. The molecule has 2 heterocycles. The van der Waals surface area contributed by atoms with Crippen LogP contribution >= 0.6 is 0 Å². The number of ether oxygens (including phenoxy) is 1. The van der Waals surface area contributed by atoms with Crippen molar-refractivity contribution in [3.8, 4) is 5.75 Å². The number of anilines is 3. The third-order valence-electron chi connectivity index (χ3n) is 3.22. The maximum atomic E-state index is 5.86. The highest BCUT2D eigenvalue weighted by atomic mass is 16.5. The Morgan fingerprint density at radius 3 is 2.90 bits per heavy atom. The summed E-state index contributed by atoms with van der Waals surface area (Å²) in [5.41, 5.74) is 6.90. The molecule has 1 unspecified atom stereocenters. The van der Waals surface area contributed by atoms with E-state index in [0.717, 1.165) is 12.2 Å². The van der Waals surface area contributed by atoms with Gasteiger partial charge in [-0.1, -0.05) is 18.2 Å². The maximum absolute atomic E-state index is 5.86. The molecule has 0 saturated carbocycles. The molecular weight excluding hydrogens is 254 g/mol. The number of nitrogens with one attached hydrogen (secondary N) is 2. The normalized spacial score (nSPS) is 16.4. The lowest BCUT2D eigenvalue weighted by atomic mass is 10.1. The monoisotopic (exact) mass is 271 g/mol. The van der Waals surface area contributed by atoms with E-state index in [9.17, 15) is 0 Å². The van der Waals surface area contributed by atoms with E-state index in [4.69, 9.17) is 10.5 Å². The number of aromatic nitrogens is 2. The highest BCUT2D eigenvalue weighted by Crippen LogP contribution is 2.28. The number of benzene rings is 1. The van der Waals surface area contributed by atoms with Crippen LogP contribution in [0.5, 0.6) is 5.75 Å². The molecule has 0 amide bonds. The molecule has 0 radical (unpaired) electrons. The number of hydrogen-bond donors (Lipinski definition) is 3. The van der Waals surface area contributed by atoms with Gasteiger partial charge in [-0.2, -0.15) is 9.97 Å². The van der Waals surface area contributed by atoms with E-state index < -0.39 is 0 Å². The number of rotatable bonds is 4. The summed E-state index contributed by atoms with van der Waals surface area (Å²) in [6, 6.07) is 9.92. The third-order valence-corrected chi connectivity index (χ3v) is 3.22. The van der Waals surface area contributed by atoms with Crippen LogP contribution in [0.25, 0.3) is 0 Å². The standard InChI is InChI=1S/C14H17N5O/c1-16-12-7-13(19-14(15)18-12)17-8-10-6-9-4-2-3-5-11(9)20-10/h2-5,7,10H,6,8H2,1H3,(H4,15,16,17,18,19). The van der Waals surface area contributed by atoms with Gasteiger partial charge in [-0.05, 0) is 11.6 Å². The Morgan fingerprint density at radius 2 is 2.10 bits per heavy atom. The molecule has 1 aliphatic rings. The van der Waals surface area contributed by atoms with Crippen molar-refractivity contribution in [1.29, 1.82) is 0 Å². The number of fused-ring (bicyclic) bond motifs is 1. The van der Waals surface area contributed by atoms with Crippen molar-refractivity contribution in [1.82, 2.24) is 9.97 Å². The van der Waals surface area contributed by atoms with Gasteiger partial charge in [0.15, 0.2) is 0 Å². The summed E-state index contributed by atoms with van der Waals surface area (Å²) in [4.78, 5) is 8.20. The van der Waals surface area contributed by atoms with Crippen molar-refractivity contribution in [2.75, 3.05) is 30.0 Å². The van der Waals surface area contributed by atoms with E-state index in [1.165, 1.54) is 5.56 Å². The Bertz CT molecular complexity index is 591. The van der Waals surface area contributed by atoms with Crippen LogP contribution < -0.4 is 21.1 Å². The summed E-state index contributed by atoms with van der Waals surface area (Å²) in [6.45, 7) is 0.675. The fraction of sp³-hybridized carbons (Fsp3) is 0.286. The van der Waals surface area contributed by atoms with Gasteiger partial charge in [0.05, 0.1) is 6.54 Å². The van der Waals surface area contributed by atoms with Crippen LogP contribution in [0.3, 0.4) is 0 Å². The average molecular weight is 271 g/mol. The minimum absolute atomic E-state index is 0.113. The van der Waals surface area contributed by atoms with Gasteiger partial charge in [0.25, 0.3) is 0 Å². The molecular formula is C14H17N5O. The van der Waals surface area contributed by atoms with Gasteiger partial charge in [-0.15, -0.1) is 0 Å². The molecule has 20 heavy (non-hydrogen) atoms. The van der Waals surface area contributed by atoms with E-state index in [0.29, 0.717) is 18.2 Å². The van der Waals surface area contributed by atoms with Crippen LogP contribution in [0, 0.1) is 0 Å². The first-order valence-corrected chi connectivity index (χ1v) is 6.55. The zero-order chi connectivity index (χ0) is 13.9. The lowest BCUT2D eigenvalue weighted by molar-refractivity contribution is 0.246. The fourth-order valence-electron chi connectivity index (χ4n) is 2.27. The number of nitrogens with two attached hydrogens (primary N) is 1. The molecule has 2 aromatic rings. The largest absolute Gasteiger partial charge is 0.488 e. The Kier molecular flexibility index (Phi) is 3.28. The van der Waals surface area contributed by atoms with Gasteiger partial charge in [0, 0.05) is 19.5 Å². The first-order valence-electron chi connectivity index (χ1n) is 6.55. The summed E-state index contributed by atoms with van der Waals surface area (Å²) in [5, 5.41) is 6.19. The van der Waals surface area contributed by atoms with Gasteiger partial charge in [0.2, 0.25) is 5.95 Å². The topological polar surface area (TPSA) is 85.1 Å².